The van der Waals surface area contributed by atoms with Crippen molar-refractivity contribution in [2.45, 2.75) is 19.4 Å². The number of fused-ring (bicyclic) bond motifs is 3. The van der Waals surface area contributed by atoms with Crippen molar-refractivity contribution in [3.8, 4) is 5.75 Å². The number of anilines is 3. The molecule has 8 heteroatoms. The van der Waals surface area contributed by atoms with Crippen LogP contribution in [0.2, 0.25) is 0 Å². The maximum atomic E-state index is 13.2. The summed E-state index contributed by atoms with van der Waals surface area (Å²) in [5.74, 6) is -0.388. The normalized spacial score (nSPS) is 12.1. The van der Waals surface area contributed by atoms with Crippen molar-refractivity contribution in [1.82, 2.24) is 0 Å². The van der Waals surface area contributed by atoms with Gasteiger partial charge < -0.3 is 9.08 Å². The van der Waals surface area contributed by atoms with E-state index < -0.39 is 15.6 Å². The van der Waals surface area contributed by atoms with Crippen LogP contribution in [0.5, 0.6) is 5.75 Å². The third-order valence-corrected chi connectivity index (χ3v) is 7.12. The number of alkyl halides is 3. The maximum absolute atomic E-state index is 13.2. The Morgan fingerprint density at radius 2 is 1.24 bits per heavy atom. The monoisotopic (exact) mass is 521 g/mol. The Bertz CT molecular complexity index is 1670. The van der Waals surface area contributed by atoms with Gasteiger partial charge in [-0.05, 0) is 61.0 Å². The van der Waals surface area contributed by atoms with Gasteiger partial charge in [-0.2, -0.15) is 21.6 Å². The SMILES string of the molecule is Cc1ccc(N(c2ccc(C)cc2)c2ccc(OS(=O)(=O)C(F)(F)F)c3c2ccc2ccccc23)cc1. The molecular weight excluding hydrogens is 499 g/mol. The fourth-order valence-electron chi connectivity index (χ4n) is 4.32. The van der Waals surface area contributed by atoms with E-state index in [-0.39, 0.29) is 11.1 Å². The highest BCUT2D eigenvalue weighted by atomic mass is 32.2. The molecule has 0 bridgehead atoms. The molecule has 37 heavy (non-hydrogen) atoms. The average molecular weight is 522 g/mol. The molecule has 188 valence electrons. The van der Waals surface area contributed by atoms with Crippen LogP contribution < -0.4 is 9.08 Å². The molecule has 4 nitrogen and oxygen atoms in total. The van der Waals surface area contributed by atoms with E-state index in [1.807, 2.05) is 73.3 Å². The van der Waals surface area contributed by atoms with Gasteiger partial charge in [0.05, 0.1) is 5.69 Å². The van der Waals surface area contributed by atoms with Crippen LogP contribution >= 0.6 is 0 Å². The summed E-state index contributed by atoms with van der Waals surface area (Å²) in [7, 11) is -5.87. The molecule has 0 spiro atoms. The van der Waals surface area contributed by atoms with Crippen LogP contribution in [0.25, 0.3) is 21.5 Å². The minimum Gasteiger partial charge on any atom is -0.375 e. The van der Waals surface area contributed by atoms with Crippen molar-refractivity contribution in [1.29, 1.82) is 0 Å². The Hall–Kier alpha value is -4.04. The largest absolute Gasteiger partial charge is 0.534 e. The van der Waals surface area contributed by atoms with Crippen LogP contribution in [-0.4, -0.2) is 13.9 Å². The number of nitrogens with zero attached hydrogens (tertiary/aromatic N) is 1. The molecule has 0 aliphatic rings. The lowest BCUT2D eigenvalue weighted by atomic mass is 9.99. The Morgan fingerprint density at radius 1 is 0.676 bits per heavy atom. The predicted octanol–water partition coefficient (Wildman–Crippen LogP) is 8.31. The smallest absolute Gasteiger partial charge is 0.375 e. The molecule has 5 aromatic carbocycles. The second-order valence-corrected chi connectivity index (χ2v) is 10.3. The van der Waals surface area contributed by atoms with Gasteiger partial charge in [0.1, 0.15) is 0 Å². The zero-order valence-electron chi connectivity index (χ0n) is 20.0. The lowest BCUT2D eigenvalue weighted by Crippen LogP contribution is -2.28. The molecular formula is C29H22F3NO3S. The summed E-state index contributed by atoms with van der Waals surface area (Å²) in [6.45, 7) is 3.96. The molecule has 5 aromatic rings. The van der Waals surface area contributed by atoms with Crippen molar-refractivity contribution in [2.24, 2.45) is 0 Å². The van der Waals surface area contributed by atoms with E-state index in [0.29, 0.717) is 16.5 Å². The first-order valence-electron chi connectivity index (χ1n) is 11.4. The Labute approximate surface area is 212 Å². The summed E-state index contributed by atoms with van der Waals surface area (Å²) in [6, 6.07) is 29.3. The van der Waals surface area contributed by atoms with Crippen LogP contribution in [0.3, 0.4) is 0 Å². The summed E-state index contributed by atoms with van der Waals surface area (Å²) < 4.78 is 68.3. The van der Waals surface area contributed by atoms with E-state index >= 15 is 0 Å². The summed E-state index contributed by atoms with van der Waals surface area (Å²) in [5, 5.41) is 2.11. The molecule has 0 aliphatic carbocycles. The van der Waals surface area contributed by atoms with E-state index in [4.69, 9.17) is 4.18 Å². The number of aryl methyl sites for hydroxylation is 2. The zero-order chi connectivity index (χ0) is 26.4. The van der Waals surface area contributed by atoms with Crippen LogP contribution in [0.1, 0.15) is 11.1 Å². The van der Waals surface area contributed by atoms with Gasteiger partial charge in [-0.1, -0.05) is 71.8 Å². The molecule has 0 unspecified atom stereocenters. The molecule has 0 N–H and O–H groups in total. The topological polar surface area (TPSA) is 46.6 Å². The second-order valence-electron chi connectivity index (χ2n) is 8.78. The molecule has 0 saturated heterocycles. The number of hydrogen-bond donors (Lipinski definition) is 0. The van der Waals surface area contributed by atoms with E-state index in [2.05, 4.69) is 0 Å². The summed E-state index contributed by atoms with van der Waals surface area (Å²) >= 11 is 0. The van der Waals surface area contributed by atoms with Gasteiger partial charge in [-0.25, -0.2) is 0 Å². The van der Waals surface area contributed by atoms with Gasteiger partial charge >= 0.3 is 15.6 Å². The maximum Gasteiger partial charge on any atom is 0.534 e. The van der Waals surface area contributed by atoms with Crippen LogP contribution in [0, 0.1) is 13.8 Å². The van der Waals surface area contributed by atoms with E-state index in [1.165, 1.54) is 6.07 Å². The quantitative estimate of drug-likeness (QED) is 0.133. The first-order chi connectivity index (χ1) is 17.5. The summed E-state index contributed by atoms with van der Waals surface area (Å²) in [4.78, 5) is 1.98. The molecule has 0 heterocycles. The highest BCUT2D eigenvalue weighted by Crippen LogP contribution is 2.44. The standard InChI is InChI=1S/C29H22F3NO3S/c1-19-7-12-22(13-8-19)33(23-14-9-20(2)10-15-23)26-17-18-27(36-37(34,35)29(30,31)32)28-24-6-4-3-5-21(24)11-16-25(26)28/h3-18H,1-2H3. The number of rotatable bonds is 5. The van der Waals surface area contributed by atoms with Crippen molar-refractivity contribution >= 4 is 48.7 Å². The van der Waals surface area contributed by atoms with Crippen LogP contribution in [0.4, 0.5) is 30.2 Å². The highest BCUT2D eigenvalue weighted by molar-refractivity contribution is 7.88. The van der Waals surface area contributed by atoms with Crippen LogP contribution in [0.15, 0.2) is 97.1 Å². The first kappa shape index (κ1) is 24.6. The fourth-order valence-corrected chi connectivity index (χ4v) is 4.79. The van der Waals surface area contributed by atoms with Crippen molar-refractivity contribution < 1.29 is 25.8 Å². The second kappa shape index (κ2) is 9.12. The lowest BCUT2D eigenvalue weighted by molar-refractivity contribution is -0.0499. The molecule has 0 atom stereocenters. The van der Waals surface area contributed by atoms with Gasteiger partial charge in [-0.15, -0.1) is 0 Å². The zero-order valence-corrected chi connectivity index (χ0v) is 20.8. The fraction of sp³-hybridized carbons (Fsp3) is 0.103. The number of hydrogen-bond acceptors (Lipinski definition) is 4. The minimum absolute atomic E-state index is 0.271. The van der Waals surface area contributed by atoms with E-state index in [0.717, 1.165) is 27.9 Å². The van der Waals surface area contributed by atoms with Gasteiger partial charge in [0.15, 0.2) is 5.75 Å². The van der Waals surface area contributed by atoms with Crippen LogP contribution in [-0.2, 0) is 10.1 Å². The molecule has 0 amide bonds. The molecule has 0 aliphatic heterocycles. The number of halogens is 3. The Balaban J connectivity index is 1.82. The Morgan fingerprint density at radius 3 is 1.81 bits per heavy atom. The highest BCUT2D eigenvalue weighted by Gasteiger charge is 2.48. The van der Waals surface area contributed by atoms with Crippen molar-refractivity contribution in [3.05, 3.63) is 108 Å². The molecule has 0 saturated carbocycles. The average Bonchev–Trinajstić information content (AvgIpc) is 2.86. The molecule has 5 rings (SSSR count). The molecule has 0 aromatic heterocycles. The van der Waals surface area contributed by atoms with E-state index in [1.54, 1.807) is 36.4 Å². The van der Waals surface area contributed by atoms with Gasteiger partial charge in [0.2, 0.25) is 0 Å². The van der Waals surface area contributed by atoms with Gasteiger partial charge in [0, 0.05) is 22.1 Å². The Kier molecular flexibility index (Phi) is 6.07. The van der Waals surface area contributed by atoms with Gasteiger partial charge in [0.25, 0.3) is 0 Å². The van der Waals surface area contributed by atoms with Crippen molar-refractivity contribution in [3.63, 3.8) is 0 Å². The van der Waals surface area contributed by atoms with Crippen molar-refractivity contribution in [2.75, 3.05) is 4.90 Å². The third kappa shape index (κ3) is 4.60. The lowest BCUT2D eigenvalue weighted by Gasteiger charge is -2.28. The molecule has 0 fully saturated rings. The van der Waals surface area contributed by atoms with E-state index in [9.17, 15) is 21.6 Å². The summed E-state index contributed by atoms with van der Waals surface area (Å²) in [5.41, 5.74) is -1.08. The predicted molar refractivity (Wildman–Crippen MR) is 141 cm³/mol. The van der Waals surface area contributed by atoms with Gasteiger partial charge in [-0.3, -0.25) is 0 Å². The third-order valence-electron chi connectivity index (χ3n) is 6.15. The first-order valence-corrected chi connectivity index (χ1v) is 12.8. The molecule has 0 radical (unpaired) electrons. The minimum atomic E-state index is -5.87. The number of benzene rings is 5. The summed E-state index contributed by atoms with van der Waals surface area (Å²) in [6.07, 6.45) is 0.